The number of aromatic nitrogens is 1. The van der Waals surface area contributed by atoms with Crippen LogP contribution in [0.5, 0.6) is 5.75 Å². The highest BCUT2D eigenvalue weighted by molar-refractivity contribution is 7.89. The number of sulfonamides is 1. The van der Waals surface area contributed by atoms with Gasteiger partial charge < -0.3 is 4.74 Å². The minimum Gasteiger partial charge on any atom is -0.493 e. The average Bonchev–Trinajstić information content (AvgIpc) is 3.38. The molecule has 2 N–H and O–H groups in total. The number of nitrogens with one attached hydrogen (secondary N) is 2. The van der Waals surface area contributed by atoms with E-state index in [1.54, 1.807) is 19.9 Å². The molecule has 9 heteroatoms. The minimum atomic E-state index is -3.67. The van der Waals surface area contributed by atoms with Gasteiger partial charge in [-0.25, -0.2) is 18.1 Å². The lowest BCUT2D eigenvalue weighted by molar-refractivity contribution is 0.102. The van der Waals surface area contributed by atoms with Crippen molar-refractivity contribution in [2.45, 2.75) is 25.2 Å². The summed E-state index contributed by atoms with van der Waals surface area (Å²) >= 11 is 1.32. The lowest BCUT2D eigenvalue weighted by Gasteiger charge is -2.12. The van der Waals surface area contributed by atoms with E-state index in [0.717, 1.165) is 34.6 Å². The van der Waals surface area contributed by atoms with E-state index >= 15 is 0 Å². The number of aryl methyl sites for hydroxylation is 1. The van der Waals surface area contributed by atoms with Gasteiger partial charge in [-0.2, -0.15) is 0 Å². The Labute approximate surface area is 179 Å². The van der Waals surface area contributed by atoms with E-state index in [2.05, 4.69) is 21.1 Å². The third-order valence-corrected chi connectivity index (χ3v) is 7.45. The van der Waals surface area contributed by atoms with Gasteiger partial charge in [0, 0.05) is 22.9 Å². The van der Waals surface area contributed by atoms with E-state index in [9.17, 15) is 13.2 Å². The van der Waals surface area contributed by atoms with Gasteiger partial charge in [-0.1, -0.05) is 0 Å². The van der Waals surface area contributed by atoms with Gasteiger partial charge in [0.15, 0.2) is 5.13 Å². The highest BCUT2D eigenvalue weighted by Gasteiger charge is 2.20. The molecular formula is C21H21N3O4S2. The molecule has 30 heavy (non-hydrogen) atoms. The zero-order chi connectivity index (χ0) is 21.5. The van der Waals surface area contributed by atoms with Gasteiger partial charge in [-0.15, -0.1) is 11.3 Å². The SMILES string of the molecule is CNS(=O)(=O)c1cc(C(=O)Nc2nc(-c3ccc4c(c3)CCO4)cs2)cc(C)c1C. The maximum absolute atomic E-state index is 12.8. The summed E-state index contributed by atoms with van der Waals surface area (Å²) in [6.45, 7) is 4.19. The van der Waals surface area contributed by atoms with E-state index in [4.69, 9.17) is 4.74 Å². The van der Waals surface area contributed by atoms with E-state index in [1.165, 1.54) is 24.5 Å². The Balaban J connectivity index is 1.58. The molecule has 4 rings (SSSR count). The monoisotopic (exact) mass is 443 g/mol. The fraction of sp³-hybridized carbons (Fsp3) is 0.238. The number of carbonyl (C=O) groups excluding carboxylic acids is 1. The van der Waals surface area contributed by atoms with Crippen molar-refractivity contribution in [3.05, 3.63) is 58.0 Å². The molecule has 0 spiro atoms. The number of hydrogen-bond acceptors (Lipinski definition) is 6. The Hall–Kier alpha value is -2.75. The summed E-state index contributed by atoms with van der Waals surface area (Å²) in [5.74, 6) is 0.499. The second-order valence-corrected chi connectivity index (χ2v) is 9.75. The number of amides is 1. The predicted molar refractivity (Wildman–Crippen MR) is 117 cm³/mol. The fourth-order valence-electron chi connectivity index (χ4n) is 3.33. The van der Waals surface area contributed by atoms with Crippen LogP contribution < -0.4 is 14.8 Å². The second kappa shape index (κ2) is 7.82. The molecule has 0 aliphatic carbocycles. The Bertz CT molecular complexity index is 1250. The Kier molecular flexibility index (Phi) is 5.35. The number of thiazole rings is 1. The normalized spacial score (nSPS) is 13.0. The van der Waals surface area contributed by atoms with Crippen molar-refractivity contribution in [2.24, 2.45) is 0 Å². The summed E-state index contributed by atoms with van der Waals surface area (Å²) in [7, 11) is -2.32. The Morgan fingerprint density at radius 3 is 2.77 bits per heavy atom. The molecule has 0 bridgehead atoms. The Morgan fingerprint density at radius 1 is 1.20 bits per heavy atom. The fourth-order valence-corrected chi connectivity index (χ4v) is 5.11. The van der Waals surface area contributed by atoms with Gasteiger partial charge in [0.1, 0.15) is 5.75 Å². The number of carbonyl (C=O) groups is 1. The van der Waals surface area contributed by atoms with Crippen LogP contribution in [0.3, 0.4) is 0 Å². The number of anilines is 1. The molecule has 3 aromatic rings. The smallest absolute Gasteiger partial charge is 0.257 e. The first-order valence-corrected chi connectivity index (χ1v) is 11.7. The number of nitrogens with zero attached hydrogens (tertiary/aromatic N) is 1. The molecule has 1 aromatic heterocycles. The minimum absolute atomic E-state index is 0.0929. The molecule has 0 atom stereocenters. The van der Waals surface area contributed by atoms with Gasteiger partial charge >= 0.3 is 0 Å². The first-order valence-electron chi connectivity index (χ1n) is 9.36. The molecular weight excluding hydrogens is 422 g/mol. The molecule has 1 amide bonds. The van der Waals surface area contributed by atoms with Gasteiger partial charge in [-0.05, 0) is 67.9 Å². The first-order chi connectivity index (χ1) is 14.3. The standard InChI is InChI=1S/C21H21N3O4S2/c1-12-8-16(10-19(13(12)2)30(26,27)22-3)20(25)24-21-23-17(11-29-21)14-4-5-18-15(9-14)6-7-28-18/h4-5,8-11,22H,6-7H2,1-3H3,(H,23,24,25). The third-order valence-electron chi connectivity index (χ3n) is 5.15. The quantitative estimate of drug-likeness (QED) is 0.629. The van der Waals surface area contributed by atoms with Crippen LogP contribution in [0.2, 0.25) is 0 Å². The van der Waals surface area contributed by atoms with Crippen LogP contribution in [0, 0.1) is 13.8 Å². The highest BCUT2D eigenvalue weighted by atomic mass is 32.2. The highest BCUT2D eigenvalue weighted by Crippen LogP contribution is 2.32. The van der Waals surface area contributed by atoms with Crippen LogP contribution in [-0.2, 0) is 16.4 Å². The van der Waals surface area contributed by atoms with Crippen molar-refractivity contribution in [1.82, 2.24) is 9.71 Å². The van der Waals surface area contributed by atoms with Gasteiger partial charge in [0.25, 0.3) is 5.91 Å². The van der Waals surface area contributed by atoms with E-state index in [0.29, 0.717) is 17.3 Å². The topological polar surface area (TPSA) is 97.4 Å². The Morgan fingerprint density at radius 2 is 2.00 bits per heavy atom. The van der Waals surface area contributed by atoms with Crippen molar-refractivity contribution in [2.75, 3.05) is 19.0 Å². The number of hydrogen-bond donors (Lipinski definition) is 2. The number of rotatable bonds is 5. The summed E-state index contributed by atoms with van der Waals surface area (Å²) in [6, 6.07) is 9.01. The van der Waals surface area contributed by atoms with Crippen LogP contribution >= 0.6 is 11.3 Å². The van der Waals surface area contributed by atoms with Crippen LogP contribution in [0.15, 0.2) is 40.6 Å². The maximum Gasteiger partial charge on any atom is 0.257 e. The van der Waals surface area contributed by atoms with Crippen LogP contribution in [0.4, 0.5) is 5.13 Å². The summed E-state index contributed by atoms with van der Waals surface area (Å²) in [5, 5.41) is 5.10. The van der Waals surface area contributed by atoms with E-state index in [1.807, 2.05) is 17.5 Å². The zero-order valence-corrected chi connectivity index (χ0v) is 18.4. The molecule has 2 aromatic carbocycles. The molecule has 1 aliphatic heterocycles. The molecule has 0 unspecified atom stereocenters. The zero-order valence-electron chi connectivity index (χ0n) is 16.8. The lowest BCUT2D eigenvalue weighted by atomic mass is 10.1. The van der Waals surface area contributed by atoms with Gasteiger partial charge in [0.2, 0.25) is 10.0 Å². The van der Waals surface area contributed by atoms with E-state index < -0.39 is 15.9 Å². The molecule has 0 saturated heterocycles. The number of benzene rings is 2. The van der Waals surface area contributed by atoms with Crippen LogP contribution in [0.1, 0.15) is 27.0 Å². The van der Waals surface area contributed by atoms with Gasteiger partial charge in [-0.3, -0.25) is 10.1 Å². The molecule has 1 aliphatic rings. The van der Waals surface area contributed by atoms with Crippen molar-refractivity contribution >= 4 is 32.4 Å². The average molecular weight is 444 g/mol. The molecule has 0 fully saturated rings. The van der Waals surface area contributed by atoms with Crippen LogP contribution in [0.25, 0.3) is 11.3 Å². The molecule has 0 radical (unpaired) electrons. The van der Waals surface area contributed by atoms with Crippen molar-refractivity contribution < 1.29 is 17.9 Å². The molecule has 0 saturated carbocycles. The largest absolute Gasteiger partial charge is 0.493 e. The summed E-state index contributed by atoms with van der Waals surface area (Å²) in [5.41, 5.74) is 4.47. The van der Waals surface area contributed by atoms with Gasteiger partial charge in [0.05, 0.1) is 17.2 Å². The first kappa shape index (κ1) is 20.5. The second-order valence-electron chi connectivity index (χ2n) is 7.04. The van der Waals surface area contributed by atoms with E-state index in [-0.39, 0.29) is 10.5 Å². The summed E-state index contributed by atoms with van der Waals surface area (Å²) in [6.07, 6.45) is 0.877. The number of ether oxygens (including phenoxy) is 1. The molecule has 2 heterocycles. The maximum atomic E-state index is 12.8. The van der Waals surface area contributed by atoms with Crippen molar-refractivity contribution in [3.8, 4) is 17.0 Å². The summed E-state index contributed by atoms with van der Waals surface area (Å²) in [4.78, 5) is 17.4. The predicted octanol–water partition coefficient (Wildman–Crippen LogP) is 3.52. The molecule has 156 valence electrons. The lowest BCUT2D eigenvalue weighted by Crippen LogP contribution is -2.21. The third kappa shape index (κ3) is 3.83. The van der Waals surface area contributed by atoms with Crippen molar-refractivity contribution in [1.29, 1.82) is 0 Å². The molecule has 7 nitrogen and oxygen atoms in total. The summed E-state index contributed by atoms with van der Waals surface area (Å²) < 4.78 is 32.4. The number of fused-ring (bicyclic) bond motifs is 1. The van der Waals surface area contributed by atoms with Crippen molar-refractivity contribution in [3.63, 3.8) is 0 Å². The van der Waals surface area contributed by atoms with Crippen LogP contribution in [-0.4, -0.2) is 33.0 Å².